The third-order valence-corrected chi connectivity index (χ3v) is 4.21. The SMILES string of the molecule is Cc1cccn2c(CC#N)c(-c3ccc(C(C)(C)C)cc3)nc12. The molecule has 3 heteroatoms. The van der Waals surface area contributed by atoms with E-state index in [2.05, 4.69) is 51.1 Å². The predicted octanol–water partition coefficient (Wildman–Crippen LogP) is 4.67. The molecule has 0 fully saturated rings. The van der Waals surface area contributed by atoms with Crippen LogP contribution in [0.4, 0.5) is 0 Å². The second-order valence-corrected chi connectivity index (χ2v) is 6.95. The summed E-state index contributed by atoms with van der Waals surface area (Å²) in [4.78, 5) is 4.80. The fraction of sp³-hybridized carbons (Fsp3) is 0.300. The first-order valence-electron chi connectivity index (χ1n) is 7.86. The summed E-state index contributed by atoms with van der Waals surface area (Å²) in [5, 5.41) is 9.20. The normalized spacial score (nSPS) is 11.6. The molecule has 0 radical (unpaired) electrons. The van der Waals surface area contributed by atoms with Crippen molar-refractivity contribution in [1.82, 2.24) is 9.38 Å². The molecule has 0 unspecified atom stereocenters. The Morgan fingerprint density at radius 3 is 2.43 bits per heavy atom. The lowest BCUT2D eigenvalue weighted by molar-refractivity contribution is 0.590. The zero-order chi connectivity index (χ0) is 16.6. The molecular formula is C20H21N3. The second kappa shape index (κ2) is 5.55. The molecule has 0 spiro atoms. The first kappa shape index (κ1) is 15.3. The highest BCUT2D eigenvalue weighted by Crippen LogP contribution is 2.29. The quantitative estimate of drug-likeness (QED) is 0.690. The lowest BCUT2D eigenvalue weighted by Gasteiger charge is -2.19. The molecule has 0 saturated heterocycles. The lowest BCUT2D eigenvalue weighted by Crippen LogP contribution is -2.10. The molecule has 1 aromatic carbocycles. The third-order valence-electron chi connectivity index (χ3n) is 4.21. The Kier molecular flexibility index (Phi) is 3.69. The van der Waals surface area contributed by atoms with Gasteiger partial charge < -0.3 is 4.40 Å². The maximum atomic E-state index is 9.20. The monoisotopic (exact) mass is 303 g/mol. The first-order chi connectivity index (χ1) is 10.9. The van der Waals surface area contributed by atoms with Gasteiger partial charge in [-0.25, -0.2) is 4.98 Å². The number of imidazole rings is 1. The number of hydrogen-bond donors (Lipinski definition) is 0. The fourth-order valence-electron chi connectivity index (χ4n) is 2.86. The molecular weight excluding hydrogens is 282 g/mol. The summed E-state index contributed by atoms with van der Waals surface area (Å²) in [7, 11) is 0. The van der Waals surface area contributed by atoms with E-state index in [1.54, 1.807) is 0 Å². The number of fused-ring (bicyclic) bond motifs is 1. The van der Waals surface area contributed by atoms with Gasteiger partial charge in [-0.05, 0) is 29.5 Å². The number of aryl methyl sites for hydroxylation is 1. The van der Waals surface area contributed by atoms with Gasteiger partial charge in [0.1, 0.15) is 5.65 Å². The summed E-state index contributed by atoms with van der Waals surface area (Å²) in [6, 6.07) is 14.8. The summed E-state index contributed by atoms with van der Waals surface area (Å²) >= 11 is 0. The third kappa shape index (κ3) is 2.73. The number of hydrogen-bond acceptors (Lipinski definition) is 2. The van der Waals surface area contributed by atoms with Crippen molar-refractivity contribution in [3.63, 3.8) is 0 Å². The highest BCUT2D eigenvalue weighted by atomic mass is 15.0. The van der Waals surface area contributed by atoms with Crippen molar-refractivity contribution in [1.29, 1.82) is 5.26 Å². The van der Waals surface area contributed by atoms with Crippen molar-refractivity contribution >= 4 is 5.65 Å². The van der Waals surface area contributed by atoms with Gasteiger partial charge in [-0.2, -0.15) is 5.26 Å². The van der Waals surface area contributed by atoms with Crippen LogP contribution in [-0.4, -0.2) is 9.38 Å². The van der Waals surface area contributed by atoms with Crippen molar-refractivity contribution in [2.24, 2.45) is 0 Å². The zero-order valence-electron chi connectivity index (χ0n) is 14.1. The van der Waals surface area contributed by atoms with E-state index < -0.39 is 0 Å². The highest BCUT2D eigenvalue weighted by Gasteiger charge is 2.17. The number of rotatable bonds is 2. The van der Waals surface area contributed by atoms with Gasteiger partial charge in [0.05, 0.1) is 23.9 Å². The lowest BCUT2D eigenvalue weighted by atomic mass is 9.86. The molecule has 0 atom stereocenters. The molecule has 0 aliphatic carbocycles. The van der Waals surface area contributed by atoms with Crippen LogP contribution in [0.25, 0.3) is 16.9 Å². The van der Waals surface area contributed by atoms with E-state index in [1.807, 2.05) is 29.7 Å². The van der Waals surface area contributed by atoms with Crippen LogP contribution in [-0.2, 0) is 11.8 Å². The van der Waals surface area contributed by atoms with E-state index in [0.717, 1.165) is 28.2 Å². The molecule has 0 aliphatic heterocycles. The summed E-state index contributed by atoms with van der Waals surface area (Å²) in [5.41, 5.74) is 6.38. The molecule has 0 amide bonds. The molecule has 2 aromatic heterocycles. The van der Waals surface area contributed by atoms with Crippen molar-refractivity contribution in [2.45, 2.75) is 39.5 Å². The Bertz CT molecular complexity index is 888. The molecule has 0 aliphatic rings. The van der Waals surface area contributed by atoms with Crippen LogP contribution in [0.1, 0.15) is 37.6 Å². The highest BCUT2D eigenvalue weighted by molar-refractivity contribution is 5.68. The number of nitriles is 1. The van der Waals surface area contributed by atoms with Gasteiger partial charge in [0.25, 0.3) is 0 Å². The maximum Gasteiger partial charge on any atom is 0.140 e. The Morgan fingerprint density at radius 2 is 1.83 bits per heavy atom. The van der Waals surface area contributed by atoms with Gasteiger partial charge in [-0.1, -0.05) is 51.1 Å². The Hall–Kier alpha value is -2.60. The van der Waals surface area contributed by atoms with Gasteiger partial charge in [-0.15, -0.1) is 0 Å². The summed E-state index contributed by atoms with van der Waals surface area (Å²) in [6.07, 6.45) is 2.33. The fourth-order valence-corrected chi connectivity index (χ4v) is 2.86. The Labute approximate surface area is 137 Å². The van der Waals surface area contributed by atoms with Gasteiger partial charge in [0.15, 0.2) is 0 Å². The second-order valence-electron chi connectivity index (χ2n) is 6.95. The largest absolute Gasteiger partial charge is 0.302 e. The van der Waals surface area contributed by atoms with Gasteiger partial charge in [0, 0.05) is 11.8 Å². The molecule has 0 bridgehead atoms. The van der Waals surface area contributed by atoms with E-state index >= 15 is 0 Å². The Morgan fingerprint density at radius 1 is 1.13 bits per heavy atom. The average Bonchev–Trinajstić information content (AvgIpc) is 2.87. The predicted molar refractivity (Wildman–Crippen MR) is 93.4 cm³/mol. The van der Waals surface area contributed by atoms with Crippen molar-refractivity contribution in [2.75, 3.05) is 0 Å². The van der Waals surface area contributed by atoms with Gasteiger partial charge in [-0.3, -0.25) is 0 Å². The number of aromatic nitrogens is 2. The van der Waals surface area contributed by atoms with Crippen LogP contribution < -0.4 is 0 Å². The van der Waals surface area contributed by atoms with Crippen LogP contribution in [0, 0.1) is 18.3 Å². The summed E-state index contributed by atoms with van der Waals surface area (Å²) in [6.45, 7) is 8.66. The van der Waals surface area contributed by atoms with Crippen LogP contribution in [0.5, 0.6) is 0 Å². The topological polar surface area (TPSA) is 41.1 Å². The van der Waals surface area contributed by atoms with Crippen LogP contribution in [0.2, 0.25) is 0 Å². The molecule has 0 saturated carbocycles. The maximum absolute atomic E-state index is 9.20. The van der Waals surface area contributed by atoms with Crippen LogP contribution >= 0.6 is 0 Å². The molecule has 23 heavy (non-hydrogen) atoms. The molecule has 3 rings (SSSR count). The number of benzene rings is 1. The van der Waals surface area contributed by atoms with Gasteiger partial charge >= 0.3 is 0 Å². The smallest absolute Gasteiger partial charge is 0.140 e. The summed E-state index contributed by atoms with van der Waals surface area (Å²) < 4.78 is 2.03. The molecule has 116 valence electrons. The zero-order valence-corrected chi connectivity index (χ0v) is 14.1. The van der Waals surface area contributed by atoms with Gasteiger partial charge in [0.2, 0.25) is 0 Å². The van der Waals surface area contributed by atoms with E-state index in [4.69, 9.17) is 4.98 Å². The van der Waals surface area contributed by atoms with Crippen LogP contribution in [0.3, 0.4) is 0 Å². The van der Waals surface area contributed by atoms with E-state index in [1.165, 1.54) is 5.56 Å². The van der Waals surface area contributed by atoms with E-state index in [-0.39, 0.29) is 5.41 Å². The minimum absolute atomic E-state index is 0.128. The van der Waals surface area contributed by atoms with Crippen molar-refractivity contribution in [3.05, 3.63) is 59.4 Å². The minimum Gasteiger partial charge on any atom is -0.302 e. The molecule has 2 heterocycles. The van der Waals surface area contributed by atoms with Crippen molar-refractivity contribution in [3.8, 4) is 17.3 Å². The number of nitrogens with zero attached hydrogens (tertiary/aromatic N) is 3. The van der Waals surface area contributed by atoms with Crippen molar-refractivity contribution < 1.29 is 0 Å². The Balaban J connectivity index is 2.18. The molecule has 3 nitrogen and oxygen atoms in total. The van der Waals surface area contributed by atoms with E-state index in [0.29, 0.717) is 6.42 Å². The molecule has 0 N–H and O–H groups in total. The average molecular weight is 303 g/mol. The standard InChI is InChI=1S/C20H21N3/c1-14-6-5-13-23-17(11-12-21)18(22-19(14)23)15-7-9-16(10-8-15)20(2,3)4/h5-10,13H,11H2,1-4H3. The minimum atomic E-state index is 0.128. The first-order valence-corrected chi connectivity index (χ1v) is 7.86. The number of pyridine rings is 1. The molecule has 3 aromatic rings. The van der Waals surface area contributed by atoms with E-state index in [9.17, 15) is 5.26 Å². The summed E-state index contributed by atoms with van der Waals surface area (Å²) in [5.74, 6) is 0. The van der Waals surface area contributed by atoms with Crippen LogP contribution in [0.15, 0.2) is 42.6 Å².